The van der Waals surface area contributed by atoms with Gasteiger partial charge in [-0.25, -0.2) is 4.98 Å². The summed E-state index contributed by atoms with van der Waals surface area (Å²) in [6.07, 6.45) is -2.15. The van der Waals surface area contributed by atoms with Crippen molar-refractivity contribution in [3.63, 3.8) is 0 Å². The Kier molecular flexibility index (Phi) is 4.36. The number of halogens is 3. The third kappa shape index (κ3) is 3.15. The van der Waals surface area contributed by atoms with E-state index in [-0.39, 0.29) is 5.56 Å². The Morgan fingerprint density at radius 3 is 2.63 bits per heavy atom. The lowest BCUT2D eigenvalue weighted by Gasteiger charge is -2.07. The highest BCUT2D eigenvalue weighted by molar-refractivity contribution is 7.17. The average Bonchev–Trinajstić information content (AvgIpc) is 3.34. The van der Waals surface area contributed by atoms with E-state index in [4.69, 9.17) is 4.98 Å². The number of hydrogen-bond acceptors (Lipinski definition) is 3. The molecule has 0 bridgehead atoms. The summed E-state index contributed by atoms with van der Waals surface area (Å²) >= 11 is 1.40. The number of fused-ring (bicyclic) bond motifs is 2. The largest absolute Gasteiger partial charge is 0.416 e. The lowest BCUT2D eigenvalue weighted by Crippen LogP contribution is -2.20. The second-order valence-electron chi connectivity index (χ2n) is 7.13. The standard InChI is InChI=1S/C23H15F3N2OS/c24-23(25,26)17-8-4-5-14(12-17)11-16-9-10-28-20(16)27-21-19(22(28)29)18(13-30-21)15-6-2-1-3-7-15/h1-8,11-13H,9-10H2/b16-11+. The quantitative estimate of drug-likeness (QED) is 0.390. The maximum absolute atomic E-state index is 13.2. The van der Waals surface area contributed by atoms with Crippen molar-refractivity contribution >= 4 is 33.2 Å². The van der Waals surface area contributed by atoms with Gasteiger partial charge < -0.3 is 0 Å². The van der Waals surface area contributed by atoms with Crippen LogP contribution in [-0.4, -0.2) is 9.55 Å². The molecule has 0 atom stereocenters. The predicted octanol–water partition coefficient (Wildman–Crippen LogP) is 6.09. The van der Waals surface area contributed by atoms with Gasteiger partial charge in [0.1, 0.15) is 10.7 Å². The molecule has 0 radical (unpaired) electrons. The molecule has 1 aliphatic heterocycles. The number of allylic oxidation sites excluding steroid dienone is 1. The zero-order chi connectivity index (χ0) is 20.9. The summed E-state index contributed by atoms with van der Waals surface area (Å²) in [5.41, 5.74) is 2.23. The van der Waals surface area contributed by atoms with Crippen molar-refractivity contribution < 1.29 is 13.2 Å². The fourth-order valence-electron chi connectivity index (χ4n) is 3.79. The molecule has 2 aromatic carbocycles. The average molecular weight is 424 g/mol. The van der Waals surface area contributed by atoms with Crippen LogP contribution in [-0.2, 0) is 12.7 Å². The Balaban J connectivity index is 1.62. The van der Waals surface area contributed by atoms with Gasteiger partial charge in [-0.2, -0.15) is 13.2 Å². The molecule has 0 N–H and O–H groups in total. The van der Waals surface area contributed by atoms with Gasteiger partial charge in [0.05, 0.1) is 10.9 Å². The number of alkyl halides is 3. The van der Waals surface area contributed by atoms with E-state index in [0.717, 1.165) is 28.8 Å². The van der Waals surface area contributed by atoms with Crippen LogP contribution >= 0.6 is 11.3 Å². The van der Waals surface area contributed by atoms with Gasteiger partial charge in [0, 0.05) is 17.5 Å². The van der Waals surface area contributed by atoms with Crippen LogP contribution in [0.1, 0.15) is 23.4 Å². The summed E-state index contributed by atoms with van der Waals surface area (Å²) < 4.78 is 40.7. The van der Waals surface area contributed by atoms with Crippen molar-refractivity contribution in [1.82, 2.24) is 9.55 Å². The number of hydrogen-bond donors (Lipinski definition) is 0. The van der Waals surface area contributed by atoms with Crippen LogP contribution in [0.2, 0.25) is 0 Å². The van der Waals surface area contributed by atoms with Crippen molar-refractivity contribution in [2.45, 2.75) is 19.1 Å². The molecule has 0 aliphatic carbocycles. The Morgan fingerprint density at radius 1 is 1.07 bits per heavy atom. The van der Waals surface area contributed by atoms with Gasteiger partial charge >= 0.3 is 6.18 Å². The highest BCUT2D eigenvalue weighted by Crippen LogP contribution is 2.35. The fraction of sp³-hybridized carbons (Fsp3) is 0.130. The third-order valence-electron chi connectivity index (χ3n) is 5.23. The summed E-state index contributed by atoms with van der Waals surface area (Å²) in [5, 5.41) is 2.52. The molecule has 30 heavy (non-hydrogen) atoms. The van der Waals surface area contributed by atoms with Crippen LogP contribution in [0.3, 0.4) is 0 Å². The van der Waals surface area contributed by atoms with E-state index in [1.54, 1.807) is 16.7 Å². The van der Waals surface area contributed by atoms with Crippen molar-refractivity contribution in [3.8, 4) is 11.1 Å². The lowest BCUT2D eigenvalue weighted by molar-refractivity contribution is -0.137. The van der Waals surface area contributed by atoms with E-state index >= 15 is 0 Å². The van der Waals surface area contributed by atoms with Gasteiger partial charge in [-0.15, -0.1) is 11.3 Å². The van der Waals surface area contributed by atoms with Crippen molar-refractivity contribution in [3.05, 3.63) is 87.3 Å². The maximum Gasteiger partial charge on any atom is 0.416 e. The molecule has 3 nitrogen and oxygen atoms in total. The minimum Gasteiger partial charge on any atom is -0.292 e. The summed E-state index contributed by atoms with van der Waals surface area (Å²) in [6, 6.07) is 14.9. The van der Waals surface area contributed by atoms with Crippen molar-refractivity contribution in [2.24, 2.45) is 0 Å². The first-order valence-corrected chi connectivity index (χ1v) is 10.3. The summed E-state index contributed by atoms with van der Waals surface area (Å²) in [7, 11) is 0. The molecule has 0 saturated heterocycles. The first-order valence-electron chi connectivity index (χ1n) is 9.37. The van der Waals surface area contributed by atoms with Gasteiger partial charge in [-0.3, -0.25) is 9.36 Å². The van der Waals surface area contributed by atoms with Crippen molar-refractivity contribution in [1.29, 1.82) is 0 Å². The van der Waals surface area contributed by atoms with E-state index < -0.39 is 11.7 Å². The Labute approximate surface area is 173 Å². The number of rotatable bonds is 2. The molecule has 2 aromatic heterocycles. The van der Waals surface area contributed by atoms with Gasteiger partial charge in [0.25, 0.3) is 5.56 Å². The number of benzene rings is 2. The molecule has 0 fully saturated rings. The number of nitrogens with zero attached hydrogens (tertiary/aromatic N) is 2. The molecular formula is C23H15F3N2OS. The smallest absolute Gasteiger partial charge is 0.292 e. The SMILES string of the molecule is O=c1c2c(-c3ccccc3)csc2nc2n1CC/C2=C\c1cccc(C(F)(F)F)c1. The summed E-state index contributed by atoms with van der Waals surface area (Å²) in [6.45, 7) is 0.464. The second-order valence-corrected chi connectivity index (χ2v) is 7.99. The van der Waals surface area contributed by atoms with E-state index in [2.05, 4.69) is 0 Å². The van der Waals surface area contributed by atoms with Crippen LogP contribution in [0.25, 0.3) is 33.0 Å². The van der Waals surface area contributed by atoms with E-state index in [9.17, 15) is 18.0 Å². The molecule has 0 spiro atoms. The monoisotopic (exact) mass is 424 g/mol. The highest BCUT2D eigenvalue weighted by atomic mass is 32.1. The van der Waals surface area contributed by atoms with E-state index in [0.29, 0.717) is 34.6 Å². The van der Waals surface area contributed by atoms with Crippen molar-refractivity contribution in [2.75, 3.05) is 0 Å². The molecule has 0 unspecified atom stereocenters. The Hall–Kier alpha value is -3.19. The molecule has 150 valence electrons. The molecule has 1 aliphatic rings. The molecule has 4 aromatic rings. The fourth-order valence-corrected chi connectivity index (χ4v) is 4.73. The topological polar surface area (TPSA) is 34.9 Å². The van der Waals surface area contributed by atoms with Gasteiger partial charge in [0.15, 0.2) is 0 Å². The highest BCUT2D eigenvalue weighted by Gasteiger charge is 2.30. The van der Waals surface area contributed by atoms with E-state index in [1.165, 1.54) is 17.4 Å². The maximum atomic E-state index is 13.2. The third-order valence-corrected chi connectivity index (χ3v) is 6.10. The van der Waals surface area contributed by atoms with Crippen LogP contribution in [0.5, 0.6) is 0 Å². The van der Waals surface area contributed by atoms with Crippen LogP contribution < -0.4 is 5.56 Å². The molecule has 0 amide bonds. The first-order chi connectivity index (χ1) is 14.4. The minimum atomic E-state index is -4.39. The normalized spacial score (nSPS) is 15.1. The molecule has 5 rings (SSSR count). The molecule has 7 heteroatoms. The van der Waals surface area contributed by atoms with Crippen LogP contribution in [0, 0.1) is 0 Å². The van der Waals surface area contributed by atoms with Gasteiger partial charge in [-0.1, -0.05) is 42.5 Å². The molecule has 3 heterocycles. The first kappa shape index (κ1) is 18.8. The number of thiophene rings is 1. The zero-order valence-electron chi connectivity index (χ0n) is 15.6. The van der Waals surface area contributed by atoms with E-state index in [1.807, 2.05) is 35.7 Å². The molecule has 0 saturated carbocycles. The Morgan fingerprint density at radius 2 is 1.87 bits per heavy atom. The Bertz CT molecular complexity index is 1350. The number of aromatic nitrogens is 2. The zero-order valence-corrected chi connectivity index (χ0v) is 16.4. The minimum absolute atomic E-state index is 0.109. The summed E-state index contributed by atoms with van der Waals surface area (Å²) in [5.74, 6) is 0.534. The van der Waals surface area contributed by atoms with Gasteiger partial charge in [0.2, 0.25) is 0 Å². The lowest BCUT2D eigenvalue weighted by atomic mass is 10.1. The van der Waals surface area contributed by atoms with Crippen LogP contribution in [0.4, 0.5) is 13.2 Å². The molecular weight excluding hydrogens is 409 g/mol. The summed E-state index contributed by atoms with van der Waals surface area (Å²) in [4.78, 5) is 18.6. The van der Waals surface area contributed by atoms with Gasteiger partial charge in [-0.05, 0) is 41.3 Å². The van der Waals surface area contributed by atoms with Crippen LogP contribution in [0.15, 0.2) is 64.8 Å². The second kappa shape index (κ2) is 6.95. The predicted molar refractivity (Wildman–Crippen MR) is 113 cm³/mol.